The molecule has 2 aromatic rings. The lowest BCUT2D eigenvalue weighted by molar-refractivity contribution is 0.870. The molecule has 176 valence electrons. The molecule has 1 aliphatic rings. The van der Waals surface area contributed by atoms with Gasteiger partial charge in [-0.25, -0.2) is 0 Å². The van der Waals surface area contributed by atoms with Gasteiger partial charge in [0.1, 0.15) is 0 Å². The molecule has 0 bridgehead atoms. The fourth-order valence-electron chi connectivity index (χ4n) is 3.59. The number of benzene rings is 2. The smallest absolute Gasteiger partial charge is 0.0622 e. The van der Waals surface area contributed by atoms with Crippen molar-refractivity contribution in [1.29, 1.82) is 0 Å². The molecule has 0 aromatic heterocycles. The van der Waals surface area contributed by atoms with E-state index in [1.54, 1.807) is 0 Å². The van der Waals surface area contributed by atoms with Gasteiger partial charge >= 0.3 is 0 Å². The average Bonchev–Trinajstić information content (AvgIpc) is 3.18. The molecular formula is C24H32S8. The summed E-state index contributed by atoms with van der Waals surface area (Å²) in [6, 6.07) is 16.0. The van der Waals surface area contributed by atoms with Crippen LogP contribution in [0.1, 0.15) is 42.9 Å². The molecule has 2 unspecified atom stereocenters. The zero-order chi connectivity index (χ0) is 22.6. The Bertz CT molecular complexity index is 812. The van der Waals surface area contributed by atoms with E-state index in [2.05, 4.69) is 98.2 Å². The van der Waals surface area contributed by atoms with Gasteiger partial charge in [-0.15, -0.1) is 35.3 Å². The van der Waals surface area contributed by atoms with Crippen LogP contribution in [0.3, 0.4) is 0 Å². The van der Waals surface area contributed by atoms with Crippen molar-refractivity contribution in [1.82, 2.24) is 0 Å². The lowest BCUT2D eigenvalue weighted by Gasteiger charge is -2.17. The van der Waals surface area contributed by atoms with Crippen LogP contribution >= 0.6 is 93.9 Å². The van der Waals surface area contributed by atoms with E-state index in [9.17, 15) is 0 Å². The van der Waals surface area contributed by atoms with Gasteiger partial charge in [0.15, 0.2) is 0 Å². The molecule has 0 saturated carbocycles. The van der Waals surface area contributed by atoms with Gasteiger partial charge in [-0.2, -0.15) is 37.0 Å². The van der Waals surface area contributed by atoms with E-state index in [1.807, 2.05) is 45.1 Å². The van der Waals surface area contributed by atoms with Gasteiger partial charge in [-0.1, -0.05) is 77.4 Å². The van der Waals surface area contributed by atoms with Crippen molar-refractivity contribution < 1.29 is 0 Å². The van der Waals surface area contributed by atoms with Crippen LogP contribution in [-0.2, 0) is 12.2 Å². The summed E-state index contributed by atoms with van der Waals surface area (Å²) in [5, 5.41) is 2.97. The highest BCUT2D eigenvalue weighted by Gasteiger charge is 2.18. The second-order valence-electron chi connectivity index (χ2n) is 7.40. The summed E-state index contributed by atoms with van der Waals surface area (Å²) < 4.78 is 1.31. The van der Waals surface area contributed by atoms with E-state index in [-0.39, 0.29) is 0 Å². The van der Waals surface area contributed by atoms with Gasteiger partial charge in [-0.3, -0.25) is 0 Å². The standard InChI is InChI=1S/C24H32S8/c1-2-5-23(30-17-31-32-24(29-16-26)10-11-27-15-25)28-14-18-8-9-20-13-19-6-3-4-7-21(19)22(20)12-18/h3-4,6-9,12,23-26H,2,5,10-11,13-17H2,1H3. The minimum absolute atomic E-state index is 0.636. The summed E-state index contributed by atoms with van der Waals surface area (Å²) in [4.78, 5) is 0. The summed E-state index contributed by atoms with van der Waals surface area (Å²) in [6.07, 6.45) is 4.84. The Morgan fingerprint density at radius 3 is 2.53 bits per heavy atom. The first-order chi connectivity index (χ1) is 15.7. The number of thioether (sulfide) groups is 4. The Kier molecular flexibility index (Phi) is 14.0. The highest BCUT2D eigenvalue weighted by atomic mass is 33.1. The minimum atomic E-state index is 0.636. The van der Waals surface area contributed by atoms with Crippen molar-refractivity contribution in [2.45, 2.75) is 47.5 Å². The summed E-state index contributed by atoms with van der Waals surface area (Å²) in [6.45, 7) is 2.31. The Balaban J connectivity index is 1.45. The van der Waals surface area contributed by atoms with Crippen LogP contribution < -0.4 is 0 Å². The van der Waals surface area contributed by atoms with Crippen LogP contribution in [0.4, 0.5) is 0 Å². The molecule has 3 rings (SSSR count). The molecule has 0 aliphatic heterocycles. The Morgan fingerprint density at radius 2 is 1.72 bits per heavy atom. The molecule has 2 aromatic carbocycles. The first kappa shape index (κ1) is 27.8. The van der Waals surface area contributed by atoms with E-state index < -0.39 is 0 Å². The van der Waals surface area contributed by atoms with Crippen LogP contribution in [0.25, 0.3) is 11.1 Å². The summed E-state index contributed by atoms with van der Waals surface area (Å²) in [5.41, 5.74) is 7.30. The average molecular weight is 577 g/mol. The molecule has 0 saturated heterocycles. The third-order valence-corrected chi connectivity index (χ3v) is 14.7. The zero-order valence-corrected chi connectivity index (χ0v) is 25.1. The molecule has 0 N–H and O–H groups in total. The monoisotopic (exact) mass is 576 g/mol. The van der Waals surface area contributed by atoms with Gasteiger partial charge in [-0.05, 0) is 52.8 Å². The first-order valence-corrected chi connectivity index (χ1v) is 18.8. The van der Waals surface area contributed by atoms with Crippen LogP contribution in [0, 0.1) is 0 Å². The lowest BCUT2D eigenvalue weighted by atomic mass is 10.0. The van der Waals surface area contributed by atoms with Crippen LogP contribution in [0.5, 0.6) is 0 Å². The number of hydrogen-bond donors (Lipinski definition) is 2. The molecular weight excluding hydrogens is 545 g/mol. The molecule has 32 heavy (non-hydrogen) atoms. The van der Waals surface area contributed by atoms with Crippen molar-refractivity contribution in [3.8, 4) is 11.1 Å². The molecule has 0 nitrogen and oxygen atoms in total. The largest absolute Gasteiger partial charge is 0.168 e. The van der Waals surface area contributed by atoms with Crippen molar-refractivity contribution in [3.05, 3.63) is 59.2 Å². The topological polar surface area (TPSA) is 0 Å². The van der Waals surface area contributed by atoms with E-state index >= 15 is 0 Å². The van der Waals surface area contributed by atoms with Gasteiger partial charge in [0.25, 0.3) is 0 Å². The fraction of sp³-hybridized carbons (Fsp3) is 0.500. The molecule has 0 spiro atoms. The predicted molar refractivity (Wildman–Crippen MR) is 168 cm³/mol. The zero-order valence-electron chi connectivity index (χ0n) is 18.4. The number of thiol groups is 2. The van der Waals surface area contributed by atoms with E-state index in [0.29, 0.717) is 9.16 Å². The summed E-state index contributed by atoms with van der Waals surface area (Å²) in [5.74, 6) is 2.29. The second kappa shape index (κ2) is 16.1. The van der Waals surface area contributed by atoms with Gasteiger partial charge in [0.05, 0.1) is 14.2 Å². The maximum atomic E-state index is 4.42. The number of rotatable bonds is 16. The lowest BCUT2D eigenvalue weighted by Crippen LogP contribution is -2.00. The Labute approximate surface area is 230 Å². The quantitative estimate of drug-likeness (QED) is 0.0748. The third kappa shape index (κ3) is 9.03. The van der Waals surface area contributed by atoms with Crippen molar-refractivity contribution >= 4 is 93.9 Å². The number of fused-ring (bicyclic) bond motifs is 3. The third-order valence-electron chi connectivity index (χ3n) is 5.15. The fourth-order valence-corrected chi connectivity index (χ4v) is 13.1. The molecule has 0 heterocycles. The highest BCUT2D eigenvalue weighted by Crippen LogP contribution is 2.42. The van der Waals surface area contributed by atoms with E-state index in [1.165, 1.54) is 52.8 Å². The molecule has 0 fully saturated rings. The Morgan fingerprint density at radius 1 is 0.875 bits per heavy atom. The predicted octanol–water partition coefficient (Wildman–Crippen LogP) is 9.65. The second-order valence-corrected chi connectivity index (χ2v) is 17.1. The van der Waals surface area contributed by atoms with E-state index in [4.69, 9.17) is 0 Å². The number of hydrogen-bond acceptors (Lipinski definition) is 8. The summed E-state index contributed by atoms with van der Waals surface area (Å²) >= 11 is 16.9. The SMILES string of the molecule is CCCC(SCSSC(CCSCS)SCS)SCc1ccc2c(c1)-c1ccccc1C2. The van der Waals surface area contributed by atoms with Gasteiger partial charge in [0.2, 0.25) is 0 Å². The molecule has 1 aliphatic carbocycles. The highest BCUT2D eigenvalue weighted by molar-refractivity contribution is 8.79. The Hall–Kier alpha value is 1.24. The van der Waals surface area contributed by atoms with Crippen LogP contribution in [0.2, 0.25) is 0 Å². The normalized spacial score (nSPS) is 14.2. The van der Waals surface area contributed by atoms with Gasteiger partial charge < -0.3 is 0 Å². The molecule has 0 radical (unpaired) electrons. The van der Waals surface area contributed by atoms with Crippen molar-refractivity contribution in [3.63, 3.8) is 0 Å². The van der Waals surface area contributed by atoms with Crippen LogP contribution in [-0.4, -0.2) is 30.2 Å². The van der Waals surface area contributed by atoms with Crippen molar-refractivity contribution in [2.75, 3.05) is 21.0 Å². The van der Waals surface area contributed by atoms with Crippen LogP contribution in [0.15, 0.2) is 42.5 Å². The first-order valence-electron chi connectivity index (χ1n) is 10.9. The molecule has 0 amide bonds. The minimum Gasteiger partial charge on any atom is -0.168 e. The van der Waals surface area contributed by atoms with E-state index in [0.717, 1.165) is 27.4 Å². The van der Waals surface area contributed by atoms with Crippen molar-refractivity contribution in [2.24, 2.45) is 0 Å². The summed E-state index contributed by atoms with van der Waals surface area (Å²) in [7, 11) is 4.07. The van der Waals surface area contributed by atoms with Gasteiger partial charge in [0, 0.05) is 15.9 Å². The maximum absolute atomic E-state index is 4.42. The molecule has 2 atom stereocenters. The molecule has 8 heteroatoms. The maximum Gasteiger partial charge on any atom is 0.0622 e.